The molecule has 41 heavy (non-hydrogen) atoms. The van der Waals surface area contributed by atoms with Crippen molar-refractivity contribution in [3.8, 4) is 11.8 Å². The number of anilines is 2. The minimum Gasteiger partial charge on any atom is -0.497 e. The number of fused-ring (bicyclic) bond motifs is 2. The zero-order valence-corrected chi connectivity index (χ0v) is 24.0. The van der Waals surface area contributed by atoms with Crippen LogP contribution in [0.3, 0.4) is 0 Å². The second kappa shape index (κ2) is 11.7. The van der Waals surface area contributed by atoms with E-state index in [0.717, 1.165) is 48.6 Å². The number of ether oxygens (including phenoxy) is 2. The summed E-state index contributed by atoms with van der Waals surface area (Å²) in [6, 6.07) is 4.57. The van der Waals surface area contributed by atoms with Gasteiger partial charge in [0.15, 0.2) is 0 Å². The van der Waals surface area contributed by atoms with Crippen molar-refractivity contribution in [3.63, 3.8) is 0 Å². The maximum Gasteiger partial charge on any atom is 0.318 e. The van der Waals surface area contributed by atoms with E-state index < -0.39 is 6.17 Å². The summed E-state index contributed by atoms with van der Waals surface area (Å²) in [5, 5.41) is 0. The van der Waals surface area contributed by atoms with Gasteiger partial charge in [-0.1, -0.05) is 18.7 Å². The number of allylic oxidation sites excluding steroid dienone is 1. The minimum absolute atomic E-state index is 0.00518. The van der Waals surface area contributed by atoms with Crippen LogP contribution < -0.4 is 19.3 Å². The van der Waals surface area contributed by atoms with E-state index in [0.29, 0.717) is 58.3 Å². The van der Waals surface area contributed by atoms with Crippen molar-refractivity contribution in [2.24, 2.45) is 0 Å². The molecule has 1 aromatic carbocycles. The molecule has 0 bridgehead atoms. The second-order valence-electron chi connectivity index (χ2n) is 11.3. The number of carbonyl (C=O) groups is 1. The molecule has 4 heterocycles. The van der Waals surface area contributed by atoms with Crippen molar-refractivity contribution < 1.29 is 18.7 Å². The summed E-state index contributed by atoms with van der Waals surface area (Å²) in [4.78, 5) is 30.5. The number of alkyl halides is 1. The number of carbonyl (C=O) groups excluding carboxylic acids is 1. The third-order valence-corrected chi connectivity index (χ3v) is 8.80. The third-order valence-electron chi connectivity index (χ3n) is 8.80. The van der Waals surface area contributed by atoms with Crippen LogP contribution in [0.15, 0.2) is 30.9 Å². The Morgan fingerprint density at radius 1 is 1.12 bits per heavy atom. The topological polar surface area (TPSA) is 74.3 Å². The molecule has 0 spiro atoms. The van der Waals surface area contributed by atoms with Gasteiger partial charge < -0.3 is 24.2 Å². The number of methoxy groups -OCH3 is 1. The van der Waals surface area contributed by atoms with Gasteiger partial charge in [0.2, 0.25) is 5.91 Å². The van der Waals surface area contributed by atoms with E-state index in [2.05, 4.69) is 40.7 Å². The zero-order chi connectivity index (χ0) is 28.5. The number of amides is 1. The highest BCUT2D eigenvalue weighted by atomic mass is 19.1. The Morgan fingerprint density at radius 3 is 2.68 bits per heavy atom. The van der Waals surface area contributed by atoms with Crippen LogP contribution >= 0.6 is 0 Å². The standard InChI is InChI=1S/C31H39FN6O3/c1-4-29(39)36-11-13-37(14-12-36)30-26-9-10-38(28-17-24(40-3)15-21-7-5-6-8-25(21)28)19-27(26)33-31(34-30)41-20-23-16-22(32)18-35(23)2/h4-5,7,15,17,22-23H,1,6,8-14,16,18-20H2,2-3H3/t22-,23+/m1/s1. The maximum absolute atomic E-state index is 14.0. The predicted octanol–water partition coefficient (Wildman–Crippen LogP) is 3.26. The summed E-state index contributed by atoms with van der Waals surface area (Å²) < 4.78 is 25.8. The quantitative estimate of drug-likeness (QED) is 0.477. The number of hydrogen-bond acceptors (Lipinski definition) is 8. The number of nitrogens with zero attached hydrogens (tertiary/aromatic N) is 6. The van der Waals surface area contributed by atoms with Crippen molar-refractivity contribution >= 4 is 23.5 Å². The van der Waals surface area contributed by atoms with Gasteiger partial charge in [0.1, 0.15) is 24.3 Å². The molecule has 3 aliphatic heterocycles. The molecular weight excluding hydrogens is 523 g/mol. The molecule has 1 aliphatic carbocycles. The molecule has 0 unspecified atom stereocenters. The predicted molar refractivity (Wildman–Crippen MR) is 158 cm³/mol. The van der Waals surface area contributed by atoms with Crippen LogP contribution in [-0.4, -0.2) is 97.9 Å². The van der Waals surface area contributed by atoms with Crippen molar-refractivity contribution in [1.29, 1.82) is 0 Å². The van der Waals surface area contributed by atoms with Gasteiger partial charge in [0.05, 0.1) is 19.3 Å². The highest BCUT2D eigenvalue weighted by Gasteiger charge is 2.32. The fourth-order valence-electron chi connectivity index (χ4n) is 6.48. The Balaban J connectivity index is 1.30. The van der Waals surface area contributed by atoms with E-state index in [1.54, 1.807) is 7.11 Å². The highest BCUT2D eigenvalue weighted by molar-refractivity contribution is 5.87. The normalized spacial score (nSPS) is 22.4. The first-order valence-electron chi connectivity index (χ1n) is 14.6. The Morgan fingerprint density at radius 2 is 1.95 bits per heavy atom. The Kier molecular flexibility index (Phi) is 7.84. The first-order valence-corrected chi connectivity index (χ1v) is 14.6. The van der Waals surface area contributed by atoms with Crippen molar-refractivity contribution in [3.05, 3.63) is 53.2 Å². The van der Waals surface area contributed by atoms with Crippen LogP contribution in [0, 0.1) is 0 Å². The SMILES string of the molecule is C=CC(=O)N1CCN(c2nc(OC[C@@H]3C[C@@H](F)CN3C)nc3c2CCN(c2cc(OC)cc4c2CCC=C4)C3)CC1. The lowest BCUT2D eigenvalue weighted by atomic mass is 9.93. The summed E-state index contributed by atoms with van der Waals surface area (Å²) in [6.07, 6.45) is 8.22. The molecule has 2 saturated heterocycles. The van der Waals surface area contributed by atoms with Crippen molar-refractivity contribution in [2.45, 2.75) is 44.4 Å². The molecule has 218 valence electrons. The average molecular weight is 563 g/mol. The molecule has 1 aromatic heterocycles. The summed E-state index contributed by atoms with van der Waals surface area (Å²) >= 11 is 0. The molecule has 9 nitrogen and oxygen atoms in total. The van der Waals surface area contributed by atoms with E-state index in [4.69, 9.17) is 19.4 Å². The summed E-state index contributed by atoms with van der Waals surface area (Å²) in [5.41, 5.74) is 5.83. The fourth-order valence-corrected chi connectivity index (χ4v) is 6.48. The van der Waals surface area contributed by atoms with Gasteiger partial charge in [-0.05, 0) is 56.0 Å². The lowest BCUT2D eigenvalue weighted by molar-refractivity contribution is -0.126. The second-order valence-corrected chi connectivity index (χ2v) is 11.3. The van der Waals surface area contributed by atoms with Gasteiger partial charge in [-0.3, -0.25) is 9.69 Å². The summed E-state index contributed by atoms with van der Waals surface area (Å²) in [5.74, 6) is 1.69. The number of rotatable bonds is 7. The van der Waals surface area contributed by atoms with E-state index in [9.17, 15) is 9.18 Å². The molecule has 2 atom stereocenters. The molecule has 2 aromatic rings. The number of aromatic nitrogens is 2. The molecule has 10 heteroatoms. The monoisotopic (exact) mass is 562 g/mol. The Hall–Kier alpha value is -3.66. The maximum atomic E-state index is 14.0. The van der Waals surface area contributed by atoms with E-state index >= 15 is 0 Å². The van der Waals surface area contributed by atoms with Crippen LogP contribution in [0.1, 0.15) is 35.2 Å². The van der Waals surface area contributed by atoms with E-state index in [1.807, 2.05) is 16.8 Å². The number of piperazine rings is 1. The van der Waals surface area contributed by atoms with Crippen molar-refractivity contribution in [2.75, 3.05) is 69.8 Å². The number of likely N-dealkylation sites (N-methyl/N-ethyl adjacent to an activating group) is 1. The molecule has 0 radical (unpaired) electrons. The van der Waals surface area contributed by atoms with Gasteiger partial charge in [-0.2, -0.15) is 9.97 Å². The fraction of sp³-hybridized carbons (Fsp3) is 0.516. The number of benzene rings is 1. The van der Waals surface area contributed by atoms with Gasteiger partial charge in [-0.25, -0.2) is 4.39 Å². The van der Waals surface area contributed by atoms with Gasteiger partial charge in [0.25, 0.3) is 0 Å². The zero-order valence-electron chi connectivity index (χ0n) is 24.0. The smallest absolute Gasteiger partial charge is 0.318 e. The third kappa shape index (κ3) is 5.62. The largest absolute Gasteiger partial charge is 0.497 e. The molecule has 2 fully saturated rings. The lowest BCUT2D eigenvalue weighted by Crippen LogP contribution is -2.49. The highest BCUT2D eigenvalue weighted by Crippen LogP contribution is 2.38. The van der Waals surface area contributed by atoms with E-state index in [1.165, 1.54) is 22.9 Å². The van der Waals surface area contributed by atoms with Gasteiger partial charge in [-0.15, -0.1) is 0 Å². The molecule has 4 aliphatic rings. The van der Waals surface area contributed by atoms with Crippen LogP contribution in [-0.2, 0) is 24.2 Å². The summed E-state index contributed by atoms with van der Waals surface area (Å²) in [7, 11) is 3.64. The first kappa shape index (κ1) is 27.5. The number of likely N-dealkylation sites (tertiary alicyclic amines) is 1. The molecule has 0 saturated carbocycles. The molecule has 1 amide bonds. The van der Waals surface area contributed by atoms with Crippen LogP contribution in [0.5, 0.6) is 11.8 Å². The molecule has 0 N–H and O–H groups in total. The van der Waals surface area contributed by atoms with Crippen LogP contribution in [0.2, 0.25) is 0 Å². The average Bonchev–Trinajstić information content (AvgIpc) is 3.34. The molecular formula is C31H39FN6O3. The Bertz CT molecular complexity index is 1340. The van der Waals surface area contributed by atoms with Gasteiger partial charge in [0, 0.05) is 62.6 Å². The van der Waals surface area contributed by atoms with Crippen LogP contribution in [0.4, 0.5) is 15.9 Å². The van der Waals surface area contributed by atoms with Gasteiger partial charge >= 0.3 is 6.01 Å². The van der Waals surface area contributed by atoms with Crippen molar-refractivity contribution in [1.82, 2.24) is 19.8 Å². The first-order chi connectivity index (χ1) is 19.9. The van der Waals surface area contributed by atoms with E-state index in [-0.39, 0.29) is 11.9 Å². The number of halogens is 1. The molecule has 6 rings (SSSR count). The Labute approximate surface area is 241 Å². The number of hydrogen-bond donors (Lipinski definition) is 0. The minimum atomic E-state index is -0.833. The summed E-state index contributed by atoms with van der Waals surface area (Å²) in [6.45, 7) is 8.45. The lowest BCUT2D eigenvalue weighted by Gasteiger charge is -2.38. The van der Waals surface area contributed by atoms with Crippen LogP contribution in [0.25, 0.3) is 6.08 Å².